The number of rotatable bonds is 1. The van der Waals surface area contributed by atoms with Crippen molar-refractivity contribution < 1.29 is 0 Å². The SMILES string of the molecule is CC(Br)=Pc1c(C)cc(C)cc1C. The van der Waals surface area contributed by atoms with E-state index in [1.165, 1.54) is 34.4 Å². The van der Waals surface area contributed by atoms with Crippen LogP contribution in [0.5, 0.6) is 0 Å². The number of aryl methyl sites for hydroxylation is 3. The van der Waals surface area contributed by atoms with Crippen LogP contribution in [0.3, 0.4) is 0 Å². The van der Waals surface area contributed by atoms with Gasteiger partial charge in [0.05, 0.1) is 0 Å². The van der Waals surface area contributed by atoms with E-state index < -0.39 is 0 Å². The van der Waals surface area contributed by atoms with Gasteiger partial charge in [-0.1, -0.05) is 41.8 Å². The number of halogens is 1. The quantitative estimate of drug-likeness (QED) is 0.672. The molecule has 0 fully saturated rings. The van der Waals surface area contributed by atoms with Crippen molar-refractivity contribution in [1.82, 2.24) is 0 Å². The number of hydrogen-bond acceptors (Lipinski definition) is 0. The van der Waals surface area contributed by atoms with Gasteiger partial charge in [0.25, 0.3) is 0 Å². The van der Waals surface area contributed by atoms with Crippen LogP contribution >= 0.6 is 24.1 Å². The van der Waals surface area contributed by atoms with Gasteiger partial charge in [-0.25, -0.2) is 0 Å². The average molecular weight is 257 g/mol. The summed E-state index contributed by atoms with van der Waals surface area (Å²) in [4.78, 5) is 0. The van der Waals surface area contributed by atoms with E-state index in [-0.39, 0.29) is 0 Å². The number of benzene rings is 1. The summed E-state index contributed by atoms with van der Waals surface area (Å²) in [7, 11) is 1.29. The van der Waals surface area contributed by atoms with Crippen LogP contribution in [0.1, 0.15) is 23.6 Å². The molecule has 0 spiro atoms. The van der Waals surface area contributed by atoms with Crippen LogP contribution in [0.15, 0.2) is 12.1 Å². The minimum Gasteiger partial charge on any atom is -0.0570 e. The van der Waals surface area contributed by atoms with Crippen molar-refractivity contribution in [3.05, 3.63) is 28.8 Å². The highest BCUT2D eigenvalue weighted by molar-refractivity contribution is 9.19. The Kier molecular flexibility index (Phi) is 3.70. The Bertz CT molecular complexity index is 326. The van der Waals surface area contributed by atoms with Gasteiger partial charge in [0, 0.05) is 9.51 Å². The molecular weight excluding hydrogens is 243 g/mol. The molecule has 0 aromatic heterocycles. The summed E-state index contributed by atoms with van der Waals surface area (Å²) in [5.74, 6) is 0. The first-order valence-electron chi connectivity index (χ1n) is 4.29. The standard InChI is InChI=1S/C11H14BrP/c1-7-5-8(2)11(9(3)6-7)13-10(4)12/h5-6H,1-4H3. The summed E-state index contributed by atoms with van der Waals surface area (Å²) < 4.78 is 1.27. The van der Waals surface area contributed by atoms with Crippen molar-refractivity contribution in [2.24, 2.45) is 0 Å². The molecule has 0 saturated heterocycles. The molecular formula is C11H14BrP. The van der Waals surface area contributed by atoms with Gasteiger partial charge in [-0.05, 0) is 38.8 Å². The predicted molar refractivity (Wildman–Crippen MR) is 66.8 cm³/mol. The van der Waals surface area contributed by atoms with Crippen LogP contribution in [0.2, 0.25) is 0 Å². The van der Waals surface area contributed by atoms with Crippen LogP contribution in [0.4, 0.5) is 0 Å². The topological polar surface area (TPSA) is 0 Å². The van der Waals surface area contributed by atoms with E-state index in [0.717, 1.165) is 0 Å². The Morgan fingerprint density at radius 3 is 2.00 bits per heavy atom. The summed E-state index contributed by atoms with van der Waals surface area (Å²) in [6, 6.07) is 4.48. The van der Waals surface area contributed by atoms with Crippen molar-refractivity contribution in [1.29, 1.82) is 0 Å². The molecule has 0 unspecified atom stereocenters. The molecule has 0 saturated carbocycles. The maximum atomic E-state index is 3.50. The van der Waals surface area contributed by atoms with Crippen LogP contribution in [0, 0.1) is 20.8 Å². The van der Waals surface area contributed by atoms with E-state index in [0.29, 0.717) is 0 Å². The second kappa shape index (κ2) is 4.39. The van der Waals surface area contributed by atoms with Gasteiger partial charge in [0.2, 0.25) is 0 Å². The lowest BCUT2D eigenvalue weighted by molar-refractivity contribution is 1.36. The van der Waals surface area contributed by atoms with E-state index in [1.807, 2.05) is 0 Å². The van der Waals surface area contributed by atoms with Crippen LogP contribution in [-0.4, -0.2) is 4.20 Å². The lowest BCUT2D eigenvalue weighted by Gasteiger charge is -2.06. The molecule has 70 valence electrons. The summed E-state index contributed by atoms with van der Waals surface area (Å²) in [6.07, 6.45) is 0. The molecule has 13 heavy (non-hydrogen) atoms. The maximum Gasteiger partial charge on any atom is 0.0198 e. The predicted octanol–water partition coefficient (Wildman–Crippen LogP) is 3.73. The summed E-state index contributed by atoms with van der Waals surface area (Å²) >= 11 is 3.50. The fourth-order valence-electron chi connectivity index (χ4n) is 1.50. The van der Waals surface area contributed by atoms with Gasteiger partial charge in [0.1, 0.15) is 0 Å². The van der Waals surface area contributed by atoms with Gasteiger partial charge in [-0.2, -0.15) is 0 Å². The smallest absolute Gasteiger partial charge is 0.0198 e. The summed E-state index contributed by atoms with van der Waals surface area (Å²) in [5.41, 5.74) is 4.12. The zero-order valence-electron chi connectivity index (χ0n) is 8.48. The zero-order chi connectivity index (χ0) is 10.0. The summed E-state index contributed by atoms with van der Waals surface area (Å²) in [5, 5.41) is 1.43. The number of hydrogen-bond donors (Lipinski definition) is 0. The molecule has 1 rings (SSSR count). The largest absolute Gasteiger partial charge is 0.0570 e. The second-order valence-electron chi connectivity index (χ2n) is 3.36. The average Bonchev–Trinajstić information content (AvgIpc) is 1.96. The molecule has 0 amide bonds. The van der Waals surface area contributed by atoms with E-state index >= 15 is 0 Å². The third-order valence-corrected chi connectivity index (χ3v) is 3.67. The lowest BCUT2D eigenvalue weighted by atomic mass is 10.1. The molecule has 0 bridgehead atoms. The Balaban J connectivity index is 3.29. The molecule has 0 radical (unpaired) electrons. The lowest BCUT2D eigenvalue weighted by Crippen LogP contribution is -2.04. The van der Waals surface area contributed by atoms with Gasteiger partial charge in [0.15, 0.2) is 0 Å². The molecule has 2 heteroatoms. The first kappa shape index (κ1) is 10.9. The van der Waals surface area contributed by atoms with Crippen LogP contribution in [-0.2, 0) is 0 Å². The van der Waals surface area contributed by atoms with Crippen molar-refractivity contribution in [2.45, 2.75) is 27.7 Å². The van der Waals surface area contributed by atoms with E-state index in [1.54, 1.807) is 0 Å². The van der Waals surface area contributed by atoms with Gasteiger partial charge in [-0.15, -0.1) is 0 Å². The molecule has 0 nitrogen and oxygen atoms in total. The van der Waals surface area contributed by atoms with E-state index in [2.05, 4.69) is 55.8 Å². The molecule has 0 aliphatic heterocycles. The molecule has 0 N–H and O–H groups in total. The van der Waals surface area contributed by atoms with Crippen molar-refractivity contribution in [2.75, 3.05) is 0 Å². The minimum absolute atomic E-state index is 1.27. The van der Waals surface area contributed by atoms with Crippen molar-refractivity contribution in [3.63, 3.8) is 0 Å². The van der Waals surface area contributed by atoms with Crippen LogP contribution < -0.4 is 5.30 Å². The highest BCUT2D eigenvalue weighted by Gasteiger charge is 2.01. The molecule has 0 heterocycles. The third-order valence-electron chi connectivity index (χ3n) is 1.90. The minimum atomic E-state index is 1.27. The highest BCUT2D eigenvalue weighted by atomic mass is 79.9. The maximum absolute atomic E-state index is 3.50. The molecule has 0 atom stereocenters. The molecule has 1 aromatic rings. The van der Waals surface area contributed by atoms with E-state index in [4.69, 9.17) is 0 Å². The van der Waals surface area contributed by atoms with Gasteiger partial charge < -0.3 is 0 Å². The Morgan fingerprint density at radius 2 is 1.62 bits per heavy atom. The Labute approximate surface area is 90.3 Å². The second-order valence-corrected chi connectivity index (χ2v) is 6.50. The molecule has 0 aliphatic carbocycles. The normalized spacial score (nSPS) is 11.9. The van der Waals surface area contributed by atoms with Crippen LogP contribution in [0.25, 0.3) is 0 Å². The Morgan fingerprint density at radius 1 is 1.15 bits per heavy atom. The monoisotopic (exact) mass is 256 g/mol. The zero-order valence-corrected chi connectivity index (χ0v) is 11.0. The Hall–Kier alpha value is -0.130. The molecule has 0 aliphatic rings. The van der Waals surface area contributed by atoms with E-state index in [9.17, 15) is 0 Å². The summed E-state index contributed by atoms with van der Waals surface area (Å²) in [6.45, 7) is 8.60. The first-order valence-corrected chi connectivity index (χ1v) is 5.98. The van der Waals surface area contributed by atoms with Gasteiger partial charge >= 0.3 is 0 Å². The fraction of sp³-hybridized carbons (Fsp3) is 0.364. The third kappa shape index (κ3) is 2.93. The fourth-order valence-corrected chi connectivity index (χ4v) is 2.82. The van der Waals surface area contributed by atoms with Crippen molar-refractivity contribution in [3.8, 4) is 0 Å². The van der Waals surface area contributed by atoms with Gasteiger partial charge in [-0.3, -0.25) is 0 Å². The molecule has 1 aromatic carbocycles. The highest BCUT2D eigenvalue weighted by Crippen LogP contribution is 2.14. The van der Waals surface area contributed by atoms with Crippen molar-refractivity contribution >= 4 is 33.6 Å². The first-order chi connectivity index (χ1) is 6.00.